The minimum absolute atomic E-state index is 0.00450. The largest absolute Gasteiger partial charge is 0.395 e. The predicted octanol–water partition coefficient (Wildman–Crippen LogP) is 1.28. The van der Waals surface area contributed by atoms with Gasteiger partial charge in [0, 0.05) is 16.6 Å². The molecule has 0 aliphatic heterocycles. The molecule has 0 aliphatic rings. The first-order chi connectivity index (χ1) is 7.84. The van der Waals surface area contributed by atoms with Crippen molar-refractivity contribution < 1.29 is 17.9 Å². The molecule has 1 aromatic rings. The summed E-state index contributed by atoms with van der Waals surface area (Å²) in [6, 6.07) is 3.11. The molecule has 2 N–H and O–H groups in total. The maximum atomic E-state index is 13.3. The van der Waals surface area contributed by atoms with E-state index in [1.165, 1.54) is 19.1 Å². The lowest BCUT2D eigenvalue weighted by atomic mass is 10.2. The summed E-state index contributed by atoms with van der Waals surface area (Å²) < 4.78 is 38.7. The lowest BCUT2D eigenvalue weighted by Gasteiger charge is -2.11. The van der Waals surface area contributed by atoms with Crippen molar-refractivity contribution in [2.24, 2.45) is 0 Å². The van der Waals surface area contributed by atoms with E-state index in [0.29, 0.717) is 0 Å². The van der Waals surface area contributed by atoms with Gasteiger partial charge in [-0.1, -0.05) is 11.6 Å². The van der Waals surface area contributed by atoms with E-state index in [4.69, 9.17) is 16.7 Å². The predicted molar refractivity (Wildman–Crippen MR) is 63.7 cm³/mol. The number of rotatable bonds is 5. The summed E-state index contributed by atoms with van der Waals surface area (Å²) in [4.78, 5) is 0. The smallest absolute Gasteiger partial charge is 0.216 e. The Kier molecular flexibility index (Phi) is 4.88. The standard InChI is InChI=1S/C10H13ClFNO3S/c1-7(5-14)13-17(15,16)6-8-4-9(11)2-3-10(8)12/h2-4,7,13-14H,5-6H2,1H3. The number of aliphatic hydroxyl groups excluding tert-OH is 1. The highest BCUT2D eigenvalue weighted by molar-refractivity contribution is 7.88. The molecule has 0 bridgehead atoms. The molecule has 4 nitrogen and oxygen atoms in total. The van der Waals surface area contributed by atoms with Crippen LogP contribution in [0.25, 0.3) is 0 Å². The minimum atomic E-state index is -3.69. The summed E-state index contributed by atoms with van der Waals surface area (Å²) >= 11 is 5.66. The molecule has 7 heteroatoms. The first kappa shape index (κ1) is 14.4. The molecule has 0 amide bonds. The maximum Gasteiger partial charge on any atom is 0.216 e. The highest BCUT2D eigenvalue weighted by Crippen LogP contribution is 2.17. The molecular formula is C10H13ClFNO3S. The first-order valence-electron chi connectivity index (χ1n) is 4.89. The molecule has 0 aromatic heterocycles. The van der Waals surface area contributed by atoms with Crippen LogP contribution < -0.4 is 4.72 Å². The molecule has 1 rings (SSSR count). The fraction of sp³-hybridized carbons (Fsp3) is 0.400. The van der Waals surface area contributed by atoms with Gasteiger partial charge in [-0.2, -0.15) is 0 Å². The Morgan fingerprint density at radius 2 is 2.18 bits per heavy atom. The maximum absolute atomic E-state index is 13.3. The number of hydrogen-bond acceptors (Lipinski definition) is 3. The highest BCUT2D eigenvalue weighted by atomic mass is 35.5. The van der Waals surface area contributed by atoms with Gasteiger partial charge in [0.15, 0.2) is 0 Å². The Balaban J connectivity index is 2.86. The zero-order chi connectivity index (χ0) is 13.1. The van der Waals surface area contributed by atoms with Crippen molar-refractivity contribution in [3.8, 4) is 0 Å². The molecule has 0 aliphatic carbocycles. The van der Waals surface area contributed by atoms with Gasteiger partial charge in [0.25, 0.3) is 0 Å². The normalized spacial score (nSPS) is 13.6. The highest BCUT2D eigenvalue weighted by Gasteiger charge is 2.17. The van der Waals surface area contributed by atoms with E-state index < -0.39 is 27.6 Å². The van der Waals surface area contributed by atoms with Crippen molar-refractivity contribution in [3.63, 3.8) is 0 Å². The molecule has 0 fully saturated rings. The van der Waals surface area contributed by atoms with Crippen LogP contribution in [0.1, 0.15) is 12.5 Å². The Morgan fingerprint density at radius 3 is 2.76 bits per heavy atom. The SMILES string of the molecule is CC(CO)NS(=O)(=O)Cc1cc(Cl)ccc1F. The molecule has 0 heterocycles. The lowest BCUT2D eigenvalue weighted by molar-refractivity contribution is 0.265. The zero-order valence-electron chi connectivity index (χ0n) is 9.15. The van der Waals surface area contributed by atoms with Crippen LogP contribution in [0.3, 0.4) is 0 Å². The van der Waals surface area contributed by atoms with Crippen molar-refractivity contribution in [2.45, 2.75) is 18.7 Å². The second-order valence-electron chi connectivity index (χ2n) is 3.70. The average molecular weight is 282 g/mol. The first-order valence-corrected chi connectivity index (χ1v) is 6.92. The number of hydrogen-bond donors (Lipinski definition) is 2. The van der Waals surface area contributed by atoms with Gasteiger partial charge in [-0.15, -0.1) is 0 Å². The molecule has 1 atom stereocenters. The Morgan fingerprint density at radius 1 is 1.53 bits per heavy atom. The van der Waals surface area contributed by atoms with Crippen molar-refractivity contribution in [3.05, 3.63) is 34.6 Å². The molecule has 0 radical (unpaired) electrons. The van der Waals surface area contributed by atoms with Gasteiger partial charge in [0.1, 0.15) is 5.82 Å². The molecule has 96 valence electrons. The van der Waals surface area contributed by atoms with Crippen LogP contribution in [0.5, 0.6) is 0 Å². The van der Waals surface area contributed by atoms with Crippen molar-refractivity contribution in [1.29, 1.82) is 0 Å². The van der Waals surface area contributed by atoms with Crippen LogP contribution in [0.2, 0.25) is 5.02 Å². The average Bonchev–Trinajstić information content (AvgIpc) is 2.22. The van der Waals surface area contributed by atoms with Gasteiger partial charge in [-0.25, -0.2) is 17.5 Å². The molecule has 1 aromatic carbocycles. The van der Waals surface area contributed by atoms with E-state index in [2.05, 4.69) is 4.72 Å². The summed E-state index contributed by atoms with van der Waals surface area (Å²) in [7, 11) is -3.69. The van der Waals surface area contributed by atoms with Gasteiger partial charge < -0.3 is 5.11 Å². The van der Waals surface area contributed by atoms with E-state index in [-0.39, 0.29) is 17.2 Å². The van der Waals surface area contributed by atoms with Crippen LogP contribution in [0, 0.1) is 5.82 Å². The Labute approximate surface area is 104 Å². The molecule has 0 spiro atoms. The van der Waals surface area contributed by atoms with Crippen LogP contribution in [0.15, 0.2) is 18.2 Å². The summed E-state index contributed by atoms with van der Waals surface area (Å²) in [6.07, 6.45) is 0. The van der Waals surface area contributed by atoms with E-state index in [0.717, 1.165) is 6.07 Å². The summed E-state index contributed by atoms with van der Waals surface area (Å²) in [5.74, 6) is -1.14. The van der Waals surface area contributed by atoms with Gasteiger partial charge in [-0.3, -0.25) is 0 Å². The van der Waals surface area contributed by atoms with Gasteiger partial charge in [-0.05, 0) is 25.1 Å². The fourth-order valence-corrected chi connectivity index (χ4v) is 2.84. The Hall–Kier alpha value is -0.690. The van der Waals surface area contributed by atoms with Crippen LogP contribution >= 0.6 is 11.6 Å². The van der Waals surface area contributed by atoms with E-state index in [1.54, 1.807) is 0 Å². The second kappa shape index (κ2) is 5.77. The summed E-state index contributed by atoms with van der Waals surface area (Å²) in [6.45, 7) is 1.18. The lowest BCUT2D eigenvalue weighted by Crippen LogP contribution is -2.35. The van der Waals surface area contributed by atoms with Crippen molar-refractivity contribution in [2.75, 3.05) is 6.61 Å². The molecular weight excluding hydrogens is 269 g/mol. The van der Waals surface area contributed by atoms with Crippen LogP contribution in [-0.4, -0.2) is 26.2 Å². The van der Waals surface area contributed by atoms with Gasteiger partial charge >= 0.3 is 0 Å². The Bertz CT molecular complexity index is 492. The fourth-order valence-electron chi connectivity index (χ4n) is 1.24. The molecule has 0 saturated carbocycles. The molecule has 1 unspecified atom stereocenters. The number of halogens is 2. The van der Waals surface area contributed by atoms with Crippen molar-refractivity contribution in [1.82, 2.24) is 4.72 Å². The summed E-state index contributed by atoms with van der Waals surface area (Å²) in [5, 5.41) is 9.01. The molecule has 17 heavy (non-hydrogen) atoms. The monoisotopic (exact) mass is 281 g/mol. The van der Waals surface area contributed by atoms with Gasteiger partial charge in [0.2, 0.25) is 10.0 Å². The second-order valence-corrected chi connectivity index (χ2v) is 5.89. The van der Waals surface area contributed by atoms with E-state index in [1.807, 2.05) is 0 Å². The zero-order valence-corrected chi connectivity index (χ0v) is 10.7. The third-order valence-corrected chi connectivity index (χ3v) is 3.70. The van der Waals surface area contributed by atoms with E-state index in [9.17, 15) is 12.8 Å². The van der Waals surface area contributed by atoms with Crippen molar-refractivity contribution >= 4 is 21.6 Å². The molecule has 0 saturated heterocycles. The number of benzene rings is 1. The van der Waals surface area contributed by atoms with Gasteiger partial charge in [0.05, 0.1) is 12.4 Å². The van der Waals surface area contributed by atoms with Crippen LogP contribution in [-0.2, 0) is 15.8 Å². The minimum Gasteiger partial charge on any atom is -0.395 e. The van der Waals surface area contributed by atoms with E-state index >= 15 is 0 Å². The third-order valence-electron chi connectivity index (χ3n) is 2.01. The topological polar surface area (TPSA) is 66.4 Å². The van der Waals surface area contributed by atoms with Crippen LogP contribution in [0.4, 0.5) is 4.39 Å². The number of aliphatic hydroxyl groups is 1. The summed E-state index contributed by atoms with van der Waals surface area (Å²) in [5.41, 5.74) is -0.00450. The quantitative estimate of drug-likeness (QED) is 0.854. The number of nitrogens with one attached hydrogen (secondary N) is 1. The number of sulfonamides is 1. The third kappa shape index (κ3) is 4.59.